The molecule has 6 heteroatoms. The van der Waals surface area contributed by atoms with Gasteiger partial charge in [-0.1, -0.05) is 13.8 Å². The van der Waals surface area contributed by atoms with Crippen molar-refractivity contribution in [2.24, 2.45) is 11.8 Å². The Morgan fingerprint density at radius 1 is 1.23 bits per heavy atom. The SMILES string of the molecule is CC(C)c1n[nH]c([C@H]2CN(C(=O)c3cccn3C3CC3)C[C@@H]2C2CC2)n1. The van der Waals surface area contributed by atoms with Crippen molar-refractivity contribution in [3.8, 4) is 0 Å². The standard InChI is InChI=1S/C20H27N5O/c1-12(2)18-21-19(23-22-18)16-11-24(10-15(16)13-5-6-13)20(26)17-4-3-9-25(17)14-7-8-14/h3-4,9,12-16H,5-8,10-11H2,1-2H3,(H,21,22,23)/t15-,16+/m1/s1. The van der Waals surface area contributed by atoms with Crippen molar-refractivity contribution in [2.75, 3.05) is 13.1 Å². The maximum atomic E-state index is 13.2. The molecule has 0 radical (unpaired) electrons. The van der Waals surface area contributed by atoms with Gasteiger partial charge in [-0.3, -0.25) is 9.89 Å². The van der Waals surface area contributed by atoms with Gasteiger partial charge in [-0.15, -0.1) is 0 Å². The average molecular weight is 353 g/mol. The highest BCUT2D eigenvalue weighted by Gasteiger charge is 2.46. The Morgan fingerprint density at radius 3 is 2.69 bits per heavy atom. The number of carbonyl (C=O) groups excluding carboxylic acids is 1. The molecule has 2 saturated carbocycles. The Morgan fingerprint density at radius 2 is 2.04 bits per heavy atom. The van der Waals surface area contributed by atoms with Gasteiger partial charge in [0.25, 0.3) is 5.91 Å². The minimum atomic E-state index is 0.179. The number of carbonyl (C=O) groups is 1. The molecule has 3 heterocycles. The predicted molar refractivity (Wildman–Crippen MR) is 98.0 cm³/mol. The number of hydrogen-bond acceptors (Lipinski definition) is 3. The Bertz CT molecular complexity index is 814. The van der Waals surface area contributed by atoms with Crippen LogP contribution in [0, 0.1) is 11.8 Å². The van der Waals surface area contributed by atoms with Crippen LogP contribution in [0.2, 0.25) is 0 Å². The highest BCUT2D eigenvalue weighted by atomic mass is 16.2. The fourth-order valence-corrected chi connectivity index (χ4v) is 4.41. The Kier molecular flexibility index (Phi) is 3.69. The molecule has 2 atom stereocenters. The largest absolute Gasteiger partial charge is 0.340 e. The number of H-pyrrole nitrogens is 1. The first kappa shape index (κ1) is 16.1. The lowest BCUT2D eigenvalue weighted by Crippen LogP contribution is -2.30. The molecule has 2 aliphatic carbocycles. The van der Waals surface area contributed by atoms with E-state index in [1.165, 1.54) is 25.7 Å². The topological polar surface area (TPSA) is 66.8 Å². The zero-order valence-corrected chi connectivity index (χ0v) is 15.6. The Balaban J connectivity index is 1.39. The van der Waals surface area contributed by atoms with Gasteiger partial charge in [-0.05, 0) is 49.7 Å². The lowest BCUT2D eigenvalue weighted by Gasteiger charge is -2.17. The molecule has 26 heavy (non-hydrogen) atoms. The van der Waals surface area contributed by atoms with Gasteiger partial charge in [0.05, 0.1) is 0 Å². The fraction of sp³-hybridized carbons (Fsp3) is 0.650. The third-order valence-electron chi connectivity index (χ3n) is 6.21. The van der Waals surface area contributed by atoms with Gasteiger partial charge >= 0.3 is 0 Å². The number of nitrogens with zero attached hydrogens (tertiary/aromatic N) is 4. The summed E-state index contributed by atoms with van der Waals surface area (Å²) in [6, 6.07) is 4.51. The minimum absolute atomic E-state index is 0.179. The summed E-state index contributed by atoms with van der Waals surface area (Å²) in [5.41, 5.74) is 0.850. The van der Waals surface area contributed by atoms with Gasteiger partial charge in [-0.2, -0.15) is 5.10 Å². The molecule has 1 N–H and O–H groups in total. The lowest BCUT2D eigenvalue weighted by molar-refractivity contribution is 0.0773. The molecule has 2 aromatic heterocycles. The van der Waals surface area contributed by atoms with Gasteiger partial charge < -0.3 is 9.47 Å². The van der Waals surface area contributed by atoms with Crippen LogP contribution < -0.4 is 0 Å². The summed E-state index contributed by atoms with van der Waals surface area (Å²) in [5, 5.41) is 7.57. The van der Waals surface area contributed by atoms with E-state index in [2.05, 4.69) is 39.7 Å². The summed E-state index contributed by atoms with van der Waals surface area (Å²) in [6.07, 6.45) is 7.01. The minimum Gasteiger partial charge on any atom is -0.340 e. The molecule has 3 aliphatic rings. The van der Waals surface area contributed by atoms with E-state index in [9.17, 15) is 4.79 Å². The van der Waals surface area contributed by atoms with E-state index < -0.39 is 0 Å². The highest BCUT2D eigenvalue weighted by Crippen LogP contribution is 2.47. The summed E-state index contributed by atoms with van der Waals surface area (Å²) in [5.74, 6) is 3.88. The molecular formula is C20H27N5O. The van der Waals surface area contributed by atoms with Crippen LogP contribution in [0.4, 0.5) is 0 Å². The first-order valence-electron chi connectivity index (χ1n) is 10.00. The summed E-state index contributed by atoms with van der Waals surface area (Å²) < 4.78 is 2.17. The van der Waals surface area contributed by atoms with Crippen molar-refractivity contribution >= 4 is 5.91 Å². The number of nitrogens with one attached hydrogen (secondary N) is 1. The van der Waals surface area contributed by atoms with Crippen molar-refractivity contribution < 1.29 is 4.79 Å². The Hall–Kier alpha value is -2.11. The molecule has 5 rings (SSSR count). The van der Waals surface area contributed by atoms with Gasteiger partial charge in [0.2, 0.25) is 0 Å². The van der Waals surface area contributed by atoms with E-state index in [-0.39, 0.29) is 11.8 Å². The van der Waals surface area contributed by atoms with E-state index in [1.807, 2.05) is 12.1 Å². The highest BCUT2D eigenvalue weighted by molar-refractivity contribution is 5.93. The fourth-order valence-electron chi connectivity index (χ4n) is 4.41. The molecule has 1 saturated heterocycles. The second kappa shape index (κ2) is 5.96. The van der Waals surface area contributed by atoms with E-state index in [4.69, 9.17) is 4.98 Å². The third-order valence-corrected chi connectivity index (χ3v) is 6.21. The van der Waals surface area contributed by atoms with E-state index >= 15 is 0 Å². The predicted octanol–water partition coefficient (Wildman–Crippen LogP) is 3.33. The van der Waals surface area contributed by atoms with Gasteiger partial charge in [0, 0.05) is 37.2 Å². The molecule has 0 spiro atoms. The number of likely N-dealkylation sites (tertiary alicyclic amines) is 1. The van der Waals surface area contributed by atoms with Crippen LogP contribution in [0.25, 0.3) is 0 Å². The van der Waals surface area contributed by atoms with E-state index in [0.717, 1.165) is 36.4 Å². The number of rotatable bonds is 5. The quantitative estimate of drug-likeness (QED) is 0.896. The molecule has 0 aromatic carbocycles. The Labute approximate surface area is 154 Å². The second-order valence-electron chi connectivity index (χ2n) is 8.58. The van der Waals surface area contributed by atoms with Gasteiger partial charge in [0.15, 0.2) is 5.82 Å². The van der Waals surface area contributed by atoms with Crippen molar-refractivity contribution in [1.82, 2.24) is 24.6 Å². The molecule has 1 amide bonds. The summed E-state index contributed by atoms with van der Waals surface area (Å²) in [6.45, 7) is 5.83. The van der Waals surface area contributed by atoms with Crippen molar-refractivity contribution in [3.63, 3.8) is 0 Å². The molecular weight excluding hydrogens is 326 g/mol. The normalized spacial score (nSPS) is 26.0. The third kappa shape index (κ3) is 2.75. The van der Waals surface area contributed by atoms with Gasteiger partial charge in [0.1, 0.15) is 11.5 Å². The molecule has 6 nitrogen and oxygen atoms in total. The van der Waals surface area contributed by atoms with Crippen LogP contribution in [0.15, 0.2) is 18.3 Å². The van der Waals surface area contributed by atoms with Crippen LogP contribution in [-0.2, 0) is 0 Å². The molecule has 1 aliphatic heterocycles. The first-order chi connectivity index (χ1) is 12.6. The summed E-state index contributed by atoms with van der Waals surface area (Å²) in [4.78, 5) is 20.0. The monoisotopic (exact) mass is 353 g/mol. The van der Waals surface area contributed by atoms with Crippen LogP contribution in [-0.4, -0.2) is 43.6 Å². The average Bonchev–Trinajstić information content (AvgIpc) is 3.50. The van der Waals surface area contributed by atoms with E-state index in [0.29, 0.717) is 17.9 Å². The van der Waals surface area contributed by atoms with Crippen LogP contribution >= 0.6 is 0 Å². The molecule has 3 fully saturated rings. The number of aromatic amines is 1. The van der Waals surface area contributed by atoms with Crippen LogP contribution in [0.1, 0.15) is 79.5 Å². The number of amides is 1. The first-order valence-corrected chi connectivity index (χ1v) is 10.00. The van der Waals surface area contributed by atoms with Gasteiger partial charge in [-0.25, -0.2) is 4.98 Å². The van der Waals surface area contributed by atoms with E-state index in [1.54, 1.807) is 0 Å². The molecule has 2 aromatic rings. The summed E-state index contributed by atoms with van der Waals surface area (Å²) >= 11 is 0. The smallest absolute Gasteiger partial charge is 0.270 e. The lowest BCUT2D eigenvalue weighted by atomic mass is 9.91. The maximum absolute atomic E-state index is 13.2. The maximum Gasteiger partial charge on any atom is 0.270 e. The van der Waals surface area contributed by atoms with Crippen LogP contribution in [0.5, 0.6) is 0 Å². The van der Waals surface area contributed by atoms with Crippen molar-refractivity contribution in [2.45, 2.75) is 57.4 Å². The molecule has 0 unspecified atom stereocenters. The zero-order valence-electron chi connectivity index (χ0n) is 15.6. The number of hydrogen-bond donors (Lipinski definition) is 1. The molecule has 138 valence electrons. The van der Waals surface area contributed by atoms with Crippen molar-refractivity contribution in [3.05, 3.63) is 35.7 Å². The summed E-state index contributed by atoms with van der Waals surface area (Å²) in [7, 11) is 0. The molecule has 0 bridgehead atoms. The number of aromatic nitrogens is 4. The second-order valence-corrected chi connectivity index (χ2v) is 8.58. The zero-order chi connectivity index (χ0) is 17.8. The van der Waals surface area contributed by atoms with Crippen LogP contribution in [0.3, 0.4) is 0 Å². The van der Waals surface area contributed by atoms with Crippen molar-refractivity contribution in [1.29, 1.82) is 0 Å².